The third kappa shape index (κ3) is 4.29. The SMILES string of the molecule is Cc1ccccc1OCCC(=O)Nc1cccc([N+](=O)[O-])c1C. The van der Waals surface area contributed by atoms with E-state index < -0.39 is 4.92 Å². The Labute approximate surface area is 134 Å². The smallest absolute Gasteiger partial charge is 0.274 e. The Morgan fingerprint density at radius 1 is 1.17 bits per heavy atom. The Hall–Kier alpha value is -2.89. The maximum absolute atomic E-state index is 12.0. The first kappa shape index (κ1) is 16.5. The van der Waals surface area contributed by atoms with Crippen molar-refractivity contribution in [3.8, 4) is 5.75 Å². The van der Waals surface area contributed by atoms with E-state index in [4.69, 9.17) is 4.74 Å². The summed E-state index contributed by atoms with van der Waals surface area (Å²) in [6.45, 7) is 3.78. The van der Waals surface area contributed by atoms with Gasteiger partial charge in [0.15, 0.2) is 0 Å². The summed E-state index contributed by atoms with van der Waals surface area (Å²) in [6.07, 6.45) is 0.163. The summed E-state index contributed by atoms with van der Waals surface area (Å²) >= 11 is 0. The largest absolute Gasteiger partial charge is 0.493 e. The molecule has 0 aromatic heterocycles. The highest BCUT2D eigenvalue weighted by atomic mass is 16.6. The third-order valence-electron chi connectivity index (χ3n) is 3.46. The molecule has 1 N–H and O–H groups in total. The van der Waals surface area contributed by atoms with Gasteiger partial charge in [-0.05, 0) is 31.5 Å². The van der Waals surface area contributed by atoms with Gasteiger partial charge in [0, 0.05) is 6.07 Å². The van der Waals surface area contributed by atoms with Crippen LogP contribution in [-0.4, -0.2) is 17.4 Å². The van der Waals surface area contributed by atoms with Gasteiger partial charge in [-0.15, -0.1) is 0 Å². The number of amides is 1. The number of nitro benzene ring substituents is 1. The van der Waals surface area contributed by atoms with Gasteiger partial charge in [0.05, 0.1) is 29.2 Å². The zero-order valence-corrected chi connectivity index (χ0v) is 13.0. The van der Waals surface area contributed by atoms with Crippen LogP contribution in [0, 0.1) is 24.0 Å². The average Bonchev–Trinajstić information content (AvgIpc) is 2.51. The molecule has 2 rings (SSSR count). The zero-order valence-electron chi connectivity index (χ0n) is 13.0. The van der Waals surface area contributed by atoms with Gasteiger partial charge in [-0.1, -0.05) is 24.3 Å². The van der Waals surface area contributed by atoms with Crippen LogP contribution in [0.2, 0.25) is 0 Å². The lowest BCUT2D eigenvalue weighted by Crippen LogP contribution is -2.16. The third-order valence-corrected chi connectivity index (χ3v) is 3.46. The van der Waals surface area contributed by atoms with Crippen LogP contribution in [-0.2, 0) is 4.79 Å². The van der Waals surface area contributed by atoms with Crippen LogP contribution in [0.4, 0.5) is 11.4 Å². The van der Waals surface area contributed by atoms with Crippen molar-refractivity contribution < 1.29 is 14.5 Å². The van der Waals surface area contributed by atoms with Gasteiger partial charge in [0.25, 0.3) is 5.69 Å². The molecule has 0 radical (unpaired) electrons. The van der Waals surface area contributed by atoms with E-state index in [9.17, 15) is 14.9 Å². The predicted octanol–water partition coefficient (Wildman–Crippen LogP) is 3.62. The van der Waals surface area contributed by atoms with Crippen molar-refractivity contribution >= 4 is 17.3 Å². The van der Waals surface area contributed by atoms with Crippen LogP contribution in [0.3, 0.4) is 0 Å². The minimum Gasteiger partial charge on any atom is -0.493 e. The molecule has 0 saturated carbocycles. The second kappa shape index (κ2) is 7.40. The molecule has 0 bridgehead atoms. The topological polar surface area (TPSA) is 81.5 Å². The molecule has 6 nitrogen and oxygen atoms in total. The van der Waals surface area contributed by atoms with Gasteiger partial charge in [0.1, 0.15) is 5.75 Å². The summed E-state index contributed by atoms with van der Waals surface area (Å²) in [5.41, 5.74) is 1.87. The summed E-state index contributed by atoms with van der Waals surface area (Å²) in [4.78, 5) is 22.4. The fourth-order valence-electron chi connectivity index (χ4n) is 2.14. The maximum Gasteiger partial charge on any atom is 0.274 e. The van der Waals surface area contributed by atoms with E-state index in [-0.39, 0.29) is 24.6 Å². The van der Waals surface area contributed by atoms with Gasteiger partial charge in [0.2, 0.25) is 5.91 Å². The molecule has 1 amide bonds. The van der Waals surface area contributed by atoms with Crippen molar-refractivity contribution in [2.24, 2.45) is 0 Å². The molecule has 120 valence electrons. The summed E-state index contributed by atoms with van der Waals surface area (Å²) in [7, 11) is 0. The first-order valence-electron chi connectivity index (χ1n) is 7.21. The van der Waals surface area contributed by atoms with Crippen molar-refractivity contribution in [1.82, 2.24) is 0 Å². The number of carbonyl (C=O) groups excluding carboxylic acids is 1. The minimum absolute atomic E-state index is 0.0149. The Bertz CT molecular complexity index is 728. The molecule has 23 heavy (non-hydrogen) atoms. The number of benzene rings is 2. The van der Waals surface area contributed by atoms with E-state index in [0.717, 1.165) is 11.3 Å². The highest BCUT2D eigenvalue weighted by Crippen LogP contribution is 2.25. The fraction of sp³-hybridized carbons (Fsp3) is 0.235. The van der Waals surface area contributed by atoms with E-state index in [1.54, 1.807) is 19.1 Å². The number of rotatable bonds is 6. The van der Waals surface area contributed by atoms with Crippen LogP contribution in [0.5, 0.6) is 5.75 Å². The van der Waals surface area contributed by atoms with Crippen LogP contribution < -0.4 is 10.1 Å². The molecule has 0 aliphatic heterocycles. The lowest BCUT2D eigenvalue weighted by molar-refractivity contribution is -0.385. The highest BCUT2D eigenvalue weighted by molar-refractivity contribution is 5.92. The number of nitrogens with zero attached hydrogens (tertiary/aromatic N) is 1. The Morgan fingerprint density at radius 2 is 1.91 bits per heavy atom. The van der Waals surface area contributed by atoms with Gasteiger partial charge in [-0.3, -0.25) is 14.9 Å². The summed E-state index contributed by atoms with van der Waals surface area (Å²) in [6, 6.07) is 12.2. The number of nitro groups is 1. The van der Waals surface area contributed by atoms with Crippen LogP contribution in [0.1, 0.15) is 17.5 Å². The molecule has 0 saturated heterocycles. The molecule has 0 spiro atoms. The van der Waals surface area contributed by atoms with Crippen molar-refractivity contribution in [2.45, 2.75) is 20.3 Å². The zero-order chi connectivity index (χ0) is 16.8. The van der Waals surface area contributed by atoms with Crippen molar-refractivity contribution in [2.75, 3.05) is 11.9 Å². The van der Waals surface area contributed by atoms with Crippen molar-refractivity contribution in [3.05, 3.63) is 63.7 Å². The summed E-state index contributed by atoms with van der Waals surface area (Å²) in [5.74, 6) is 0.494. The second-order valence-electron chi connectivity index (χ2n) is 5.12. The lowest BCUT2D eigenvalue weighted by Gasteiger charge is -2.10. The number of hydrogen-bond acceptors (Lipinski definition) is 4. The monoisotopic (exact) mass is 314 g/mol. The van der Waals surface area contributed by atoms with E-state index >= 15 is 0 Å². The van der Waals surface area contributed by atoms with Gasteiger partial charge >= 0.3 is 0 Å². The van der Waals surface area contributed by atoms with E-state index in [1.807, 2.05) is 31.2 Å². The maximum atomic E-state index is 12.0. The van der Waals surface area contributed by atoms with Crippen LogP contribution in [0.25, 0.3) is 0 Å². The Morgan fingerprint density at radius 3 is 2.61 bits per heavy atom. The highest BCUT2D eigenvalue weighted by Gasteiger charge is 2.14. The molecular weight excluding hydrogens is 296 g/mol. The number of carbonyl (C=O) groups is 1. The fourth-order valence-corrected chi connectivity index (χ4v) is 2.14. The van der Waals surface area contributed by atoms with Gasteiger partial charge in [-0.2, -0.15) is 0 Å². The van der Waals surface area contributed by atoms with Gasteiger partial charge < -0.3 is 10.1 Å². The standard InChI is InChI=1S/C17H18N2O4/c1-12-6-3-4-9-16(12)23-11-10-17(20)18-14-7-5-8-15(13(14)2)19(21)22/h3-9H,10-11H2,1-2H3,(H,18,20). The molecule has 0 heterocycles. The van der Waals surface area contributed by atoms with Crippen LogP contribution >= 0.6 is 0 Å². The first-order valence-corrected chi connectivity index (χ1v) is 7.21. The minimum atomic E-state index is -0.466. The molecule has 0 aliphatic rings. The summed E-state index contributed by atoms with van der Waals surface area (Å²) in [5, 5.41) is 13.6. The number of ether oxygens (including phenoxy) is 1. The van der Waals surface area contributed by atoms with E-state index in [1.165, 1.54) is 6.07 Å². The Kier molecular flexibility index (Phi) is 5.30. The number of aryl methyl sites for hydroxylation is 1. The first-order chi connectivity index (χ1) is 11.0. The quantitative estimate of drug-likeness (QED) is 0.652. The van der Waals surface area contributed by atoms with Gasteiger partial charge in [-0.25, -0.2) is 0 Å². The molecule has 2 aromatic rings. The Balaban J connectivity index is 1.92. The van der Waals surface area contributed by atoms with E-state index in [0.29, 0.717) is 11.3 Å². The molecule has 0 aliphatic carbocycles. The predicted molar refractivity (Wildman–Crippen MR) is 87.8 cm³/mol. The molecule has 0 unspecified atom stereocenters. The number of para-hydroxylation sites is 1. The second-order valence-corrected chi connectivity index (χ2v) is 5.12. The van der Waals surface area contributed by atoms with Crippen LogP contribution in [0.15, 0.2) is 42.5 Å². The molecule has 0 fully saturated rings. The van der Waals surface area contributed by atoms with E-state index in [2.05, 4.69) is 5.32 Å². The lowest BCUT2D eigenvalue weighted by atomic mass is 10.1. The van der Waals surface area contributed by atoms with Crippen molar-refractivity contribution in [1.29, 1.82) is 0 Å². The molecule has 2 aromatic carbocycles. The normalized spacial score (nSPS) is 10.2. The molecule has 0 atom stereocenters. The average molecular weight is 314 g/mol. The number of nitrogens with one attached hydrogen (secondary N) is 1. The molecular formula is C17H18N2O4. The summed E-state index contributed by atoms with van der Waals surface area (Å²) < 4.78 is 5.57. The molecule has 6 heteroatoms. The van der Waals surface area contributed by atoms with Crippen molar-refractivity contribution in [3.63, 3.8) is 0 Å². The number of anilines is 1. The number of hydrogen-bond donors (Lipinski definition) is 1.